The molecule has 3 N–H and O–H groups in total. The average Bonchev–Trinajstić information content (AvgIpc) is 3.25. The number of aryl methyl sites for hydroxylation is 1. The van der Waals surface area contributed by atoms with Crippen LogP contribution in [-0.2, 0) is 6.42 Å². The Morgan fingerprint density at radius 3 is 2.00 bits per heavy atom. The number of benzene rings is 4. The van der Waals surface area contributed by atoms with Gasteiger partial charge < -0.3 is 15.5 Å². The Bertz CT molecular complexity index is 1230. The van der Waals surface area contributed by atoms with Crippen LogP contribution in [0.3, 0.4) is 0 Å². The molecule has 4 nitrogen and oxygen atoms in total. The van der Waals surface area contributed by atoms with Gasteiger partial charge >= 0.3 is 0 Å². The van der Waals surface area contributed by atoms with Gasteiger partial charge in [-0.2, -0.15) is 0 Å². The Balaban J connectivity index is 1.54. The molecular formula is C29H25NO3. The molecule has 4 aromatic carbocycles. The summed E-state index contributed by atoms with van der Waals surface area (Å²) in [4.78, 5) is 13.5. The van der Waals surface area contributed by atoms with E-state index in [9.17, 15) is 15.0 Å². The molecule has 0 aliphatic heterocycles. The van der Waals surface area contributed by atoms with Crippen molar-refractivity contribution in [3.8, 4) is 11.5 Å². The van der Waals surface area contributed by atoms with Crippen molar-refractivity contribution >= 4 is 5.91 Å². The quantitative estimate of drug-likeness (QED) is 0.353. The highest BCUT2D eigenvalue weighted by Crippen LogP contribution is 2.36. The van der Waals surface area contributed by atoms with Gasteiger partial charge in [-0.25, -0.2) is 0 Å². The Labute approximate surface area is 193 Å². The first-order valence-electron chi connectivity index (χ1n) is 11.2. The number of aromatic hydroxyl groups is 2. The fraction of sp³-hybridized carbons (Fsp3) is 0.138. The van der Waals surface area contributed by atoms with Crippen molar-refractivity contribution in [2.45, 2.75) is 24.8 Å². The highest BCUT2D eigenvalue weighted by atomic mass is 16.3. The Morgan fingerprint density at radius 1 is 0.758 bits per heavy atom. The minimum absolute atomic E-state index is 0.00236. The van der Waals surface area contributed by atoms with Crippen LogP contribution in [0.1, 0.15) is 56.6 Å². The maximum Gasteiger partial charge on any atom is 0.252 e. The minimum atomic E-state index is -0.232. The van der Waals surface area contributed by atoms with Gasteiger partial charge in [-0.15, -0.1) is 0 Å². The topological polar surface area (TPSA) is 69.6 Å². The number of amides is 1. The van der Waals surface area contributed by atoms with Crippen molar-refractivity contribution in [2.75, 3.05) is 0 Å². The van der Waals surface area contributed by atoms with Crippen LogP contribution < -0.4 is 5.32 Å². The number of rotatable bonds is 5. The van der Waals surface area contributed by atoms with E-state index < -0.39 is 0 Å². The fourth-order valence-electron chi connectivity index (χ4n) is 4.78. The lowest BCUT2D eigenvalue weighted by atomic mass is 9.82. The molecule has 0 heterocycles. The molecule has 0 aromatic heterocycles. The molecular weight excluding hydrogens is 410 g/mol. The van der Waals surface area contributed by atoms with Crippen molar-refractivity contribution in [1.82, 2.24) is 5.32 Å². The Morgan fingerprint density at radius 2 is 1.33 bits per heavy atom. The summed E-state index contributed by atoms with van der Waals surface area (Å²) in [5, 5.41) is 22.9. The van der Waals surface area contributed by atoms with Gasteiger partial charge in [0.2, 0.25) is 0 Å². The molecule has 33 heavy (non-hydrogen) atoms. The molecule has 5 rings (SSSR count). The van der Waals surface area contributed by atoms with Crippen LogP contribution in [0, 0.1) is 0 Å². The van der Waals surface area contributed by atoms with E-state index in [0.717, 1.165) is 29.5 Å². The molecule has 0 bridgehead atoms. The van der Waals surface area contributed by atoms with E-state index in [0.29, 0.717) is 5.56 Å². The van der Waals surface area contributed by atoms with Crippen LogP contribution in [0.15, 0.2) is 97.1 Å². The van der Waals surface area contributed by atoms with Crippen molar-refractivity contribution in [2.24, 2.45) is 0 Å². The second-order valence-electron chi connectivity index (χ2n) is 8.47. The molecule has 0 fully saturated rings. The van der Waals surface area contributed by atoms with Gasteiger partial charge in [-0.05, 0) is 71.0 Å². The van der Waals surface area contributed by atoms with Crippen LogP contribution in [0.25, 0.3) is 0 Å². The molecule has 0 saturated carbocycles. The van der Waals surface area contributed by atoms with Crippen molar-refractivity contribution in [1.29, 1.82) is 0 Å². The zero-order valence-electron chi connectivity index (χ0n) is 18.1. The third-order valence-electron chi connectivity index (χ3n) is 6.41. The molecule has 1 aliphatic rings. The smallest absolute Gasteiger partial charge is 0.252 e. The lowest BCUT2D eigenvalue weighted by Crippen LogP contribution is -2.28. The van der Waals surface area contributed by atoms with Gasteiger partial charge in [-0.1, -0.05) is 66.7 Å². The molecule has 0 saturated heterocycles. The molecule has 1 aliphatic carbocycles. The van der Waals surface area contributed by atoms with E-state index in [1.165, 1.54) is 11.1 Å². The van der Waals surface area contributed by atoms with Crippen LogP contribution in [0.5, 0.6) is 11.5 Å². The predicted octanol–water partition coefficient (Wildman–Crippen LogP) is 5.70. The number of phenols is 2. The maximum atomic E-state index is 13.5. The van der Waals surface area contributed by atoms with Gasteiger partial charge in [0, 0.05) is 11.5 Å². The molecule has 1 atom stereocenters. The Kier molecular flexibility index (Phi) is 5.57. The van der Waals surface area contributed by atoms with E-state index in [4.69, 9.17) is 0 Å². The summed E-state index contributed by atoms with van der Waals surface area (Å²) in [6.07, 6.45) is 1.86. The summed E-state index contributed by atoms with van der Waals surface area (Å²) in [6, 6.07) is 30.0. The third kappa shape index (κ3) is 4.20. The summed E-state index contributed by atoms with van der Waals surface area (Å²) in [7, 11) is 0. The normalized spacial score (nSPS) is 14.8. The summed E-state index contributed by atoms with van der Waals surface area (Å²) in [5.74, 6) is 0.0436. The molecule has 1 amide bonds. The van der Waals surface area contributed by atoms with Gasteiger partial charge in [0.05, 0.1) is 6.04 Å². The summed E-state index contributed by atoms with van der Waals surface area (Å²) in [5.41, 5.74) is 5.87. The summed E-state index contributed by atoms with van der Waals surface area (Å²) >= 11 is 0. The lowest BCUT2D eigenvalue weighted by Gasteiger charge is -2.23. The van der Waals surface area contributed by atoms with E-state index in [1.54, 1.807) is 24.3 Å². The third-order valence-corrected chi connectivity index (χ3v) is 6.41. The number of carbonyl (C=O) groups is 1. The second kappa shape index (κ2) is 8.83. The van der Waals surface area contributed by atoms with Crippen LogP contribution in [-0.4, -0.2) is 16.1 Å². The highest BCUT2D eigenvalue weighted by molar-refractivity contribution is 5.96. The van der Waals surface area contributed by atoms with Gasteiger partial charge in [0.1, 0.15) is 11.5 Å². The molecule has 0 spiro atoms. The molecule has 4 aromatic rings. The number of fused-ring (bicyclic) bond motifs is 1. The van der Waals surface area contributed by atoms with Crippen LogP contribution in [0.4, 0.5) is 0 Å². The van der Waals surface area contributed by atoms with Gasteiger partial charge in [0.15, 0.2) is 0 Å². The molecule has 0 radical (unpaired) electrons. The van der Waals surface area contributed by atoms with Crippen LogP contribution >= 0.6 is 0 Å². The number of phenolic OH excluding ortho intramolecular Hbond substituents is 2. The van der Waals surface area contributed by atoms with Crippen LogP contribution in [0.2, 0.25) is 0 Å². The second-order valence-corrected chi connectivity index (χ2v) is 8.47. The number of carbonyl (C=O) groups excluding carboxylic acids is 1. The predicted molar refractivity (Wildman–Crippen MR) is 129 cm³/mol. The van der Waals surface area contributed by atoms with E-state index in [2.05, 4.69) is 17.4 Å². The standard InChI is InChI=1S/C29H25NO3/c31-22-14-9-20(10-15-22)28(21-11-16-23(32)17-12-21)25-7-3-4-8-26(25)29(33)30-27-18-13-19-5-1-2-6-24(19)27/h1-12,14-17,27-28,31-32H,13,18H2,(H,30,33). The van der Waals surface area contributed by atoms with Gasteiger partial charge in [-0.3, -0.25) is 4.79 Å². The Hall–Kier alpha value is -4.05. The first kappa shape index (κ1) is 20.8. The summed E-state index contributed by atoms with van der Waals surface area (Å²) in [6.45, 7) is 0. The maximum absolute atomic E-state index is 13.5. The van der Waals surface area contributed by atoms with E-state index >= 15 is 0 Å². The summed E-state index contributed by atoms with van der Waals surface area (Å²) < 4.78 is 0. The van der Waals surface area contributed by atoms with Crippen molar-refractivity contribution in [3.05, 3.63) is 130 Å². The molecule has 1 unspecified atom stereocenters. The highest BCUT2D eigenvalue weighted by Gasteiger charge is 2.27. The SMILES string of the molecule is O=C(NC1CCc2ccccc21)c1ccccc1C(c1ccc(O)cc1)c1ccc(O)cc1. The zero-order chi connectivity index (χ0) is 22.8. The zero-order valence-corrected chi connectivity index (χ0v) is 18.1. The minimum Gasteiger partial charge on any atom is -0.508 e. The average molecular weight is 436 g/mol. The number of hydrogen-bond acceptors (Lipinski definition) is 3. The first-order valence-corrected chi connectivity index (χ1v) is 11.2. The molecule has 4 heteroatoms. The molecule has 164 valence electrons. The van der Waals surface area contributed by atoms with E-state index in [-0.39, 0.29) is 29.4 Å². The number of hydrogen-bond donors (Lipinski definition) is 3. The van der Waals surface area contributed by atoms with E-state index in [1.807, 2.05) is 60.7 Å². The first-order chi connectivity index (χ1) is 16.1. The lowest BCUT2D eigenvalue weighted by molar-refractivity contribution is 0.0935. The van der Waals surface area contributed by atoms with Crippen molar-refractivity contribution < 1.29 is 15.0 Å². The van der Waals surface area contributed by atoms with Crippen molar-refractivity contribution in [3.63, 3.8) is 0 Å². The number of nitrogens with one attached hydrogen (secondary N) is 1. The monoisotopic (exact) mass is 435 g/mol. The largest absolute Gasteiger partial charge is 0.508 e. The fourth-order valence-corrected chi connectivity index (χ4v) is 4.78. The van der Waals surface area contributed by atoms with Gasteiger partial charge in [0.25, 0.3) is 5.91 Å².